The van der Waals surface area contributed by atoms with Crippen LogP contribution >= 0.6 is 0 Å². The van der Waals surface area contributed by atoms with Gasteiger partial charge in [0.05, 0.1) is 0 Å². The van der Waals surface area contributed by atoms with E-state index in [4.69, 9.17) is 5.11 Å². The van der Waals surface area contributed by atoms with E-state index in [9.17, 15) is 14.7 Å². The van der Waals surface area contributed by atoms with Crippen molar-refractivity contribution in [2.75, 3.05) is 0 Å². The predicted molar refractivity (Wildman–Crippen MR) is 77.4 cm³/mol. The second-order valence-electron chi connectivity index (χ2n) is 7.10. The highest BCUT2D eigenvalue weighted by molar-refractivity contribution is 5.90. The second kappa shape index (κ2) is 6.08. The third-order valence-electron chi connectivity index (χ3n) is 4.37. The maximum atomic E-state index is 12.2. The molecule has 0 aromatic carbocycles. The molecule has 0 bridgehead atoms. The quantitative estimate of drug-likeness (QED) is 0.777. The molecule has 1 rings (SSSR count). The fourth-order valence-corrected chi connectivity index (χ4v) is 2.92. The van der Waals surface area contributed by atoms with Crippen molar-refractivity contribution in [1.29, 1.82) is 0 Å². The monoisotopic (exact) mass is 282 g/mol. The highest BCUT2D eigenvalue weighted by atomic mass is 16.4. The van der Waals surface area contributed by atoms with Crippen LogP contribution in [0.2, 0.25) is 0 Å². The van der Waals surface area contributed by atoms with Crippen molar-refractivity contribution in [2.45, 2.75) is 65.4 Å². The lowest BCUT2D eigenvalue weighted by Crippen LogP contribution is -2.44. The standard InChI is InChI=1S/C16H26O4/c1-11(10-14(18)19)9-13(17)16(20)7-5-12(6-8-16)15(2,3)4/h10,12,20H,5-9H2,1-4H3,(H,18,19)/b11-10+. The van der Waals surface area contributed by atoms with Gasteiger partial charge in [-0.15, -0.1) is 0 Å². The van der Waals surface area contributed by atoms with Crippen LogP contribution in [0.25, 0.3) is 0 Å². The van der Waals surface area contributed by atoms with E-state index < -0.39 is 11.6 Å². The van der Waals surface area contributed by atoms with Crippen LogP contribution in [0, 0.1) is 11.3 Å². The summed E-state index contributed by atoms with van der Waals surface area (Å²) in [4.78, 5) is 22.7. The number of ketones is 1. The lowest BCUT2D eigenvalue weighted by atomic mass is 9.67. The SMILES string of the molecule is C/C(=C\C(=O)O)CC(=O)C1(O)CCC(C(C)(C)C)CC1. The Morgan fingerprint density at radius 2 is 1.75 bits per heavy atom. The van der Waals surface area contributed by atoms with Crippen molar-refractivity contribution < 1.29 is 19.8 Å². The van der Waals surface area contributed by atoms with Crippen molar-refractivity contribution >= 4 is 11.8 Å². The normalized spacial score (nSPS) is 28.2. The maximum Gasteiger partial charge on any atom is 0.328 e. The molecule has 0 spiro atoms. The summed E-state index contributed by atoms with van der Waals surface area (Å²) in [5.41, 5.74) is -0.590. The number of rotatable bonds is 4. The molecule has 0 saturated heterocycles. The minimum absolute atomic E-state index is 0.0168. The van der Waals surface area contributed by atoms with Crippen molar-refractivity contribution in [1.82, 2.24) is 0 Å². The number of carbonyl (C=O) groups excluding carboxylic acids is 1. The molecule has 0 aliphatic heterocycles. The van der Waals surface area contributed by atoms with Crippen LogP contribution < -0.4 is 0 Å². The molecule has 0 amide bonds. The molecule has 2 N–H and O–H groups in total. The summed E-state index contributed by atoms with van der Waals surface area (Å²) < 4.78 is 0. The first-order valence-corrected chi connectivity index (χ1v) is 7.20. The van der Waals surface area contributed by atoms with Crippen molar-refractivity contribution in [2.24, 2.45) is 11.3 Å². The van der Waals surface area contributed by atoms with Crippen LogP contribution in [0.4, 0.5) is 0 Å². The first kappa shape index (κ1) is 16.9. The van der Waals surface area contributed by atoms with E-state index in [0.717, 1.165) is 18.9 Å². The van der Waals surface area contributed by atoms with Gasteiger partial charge in [-0.25, -0.2) is 4.79 Å². The smallest absolute Gasteiger partial charge is 0.328 e. The Morgan fingerprint density at radius 1 is 1.25 bits per heavy atom. The van der Waals surface area contributed by atoms with Crippen molar-refractivity contribution in [3.05, 3.63) is 11.6 Å². The van der Waals surface area contributed by atoms with Crippen LogP contribution in [-0.4, -0.2) is 27.6 Å². The Hall–Kier alpha value is -1.16. The Kier molecular flexibility index (Phi) is 5.14. The van der Waals surface area contributed by atoms with Crippen molar-refractivity contribution in [3.63, 3.8) is 0 Å². The van der Waals surface area contributed by atoms with Gasteiger partial charge in [-0.05, 0) is 43.9 Å². The summed E-state index contributed by atoms with van der Waals surface area (Å²) in [6, 6.07) is 0. The van der Waals surface area contributed by atoms with Crippen LogP contribution in [0.15, 0.2) is 11.6 Å². The van der Waals surface area contributed by atoms with E-state index >= 15 is 0 Å². The van der Waals surface area contributed by atoms with E-state index in [1.807, 2.05) is 0 Å². The zero-order chi connectivity index (χ0) is 15.6. The third-order valence-corrected chi connectivity index (χ3v) is 4.37. The minimum Gasteiger partial charge on any atom is -0.478 e. The molecule has 1 aliphatic rings. The van der Waals surface area contributed by atoms with Gasteiger partial charge < -0.3 is 10.2 Å². The van der Waals surface area contributed by atoms with Crippen LogP contribution in [0.1, 0.15) is 59.8 Å². The van der Waals surface area contributed by atoms with Gasteiger partial charge >= 0.3 is 5.97 Å². The highest BCUT2D eigenvalue weighted by Gasteiger charge is 2.41. The summed E-state index contributed by atoms with van der Waals surface area (Å²) in [6.07, 6.45) is 3.69. The number of aliphatic hydroxyl groups is 1. The van der Waals surface area contributed by atoms with Crippen LogP contribution in [-0.2, 0) is 9.59 Å². The molecule has 0 aromatic heterocycles. The third kappa shape index (κ3) is 4.44. The minimum atomic E-state index is -1.27. The van der Waals surface area contributed by atoms with Gasteiger partial charge in [-0.1, -0.05) is 26.3 Å². The number of aliphatic carboxylic acids is 1. The summed E-state index contributed by atoms with van der Waals surface area (Å²) in [5.74, 6) is -0.787. The maximum absolute atomic E-state index is 12.2. The fraction of sp³-hybridized carbons (Fsp3) is 0.750. The molecule has 1 fully saturated rings. The number of carboxylic acid groups (broad SMARTS) is 1. The number of allylic oxidation sites excluding steroid dienone is 1. The Labute approximate surface area is 120 Å². The number of hydrogen-bond donors (Lipinski definition) is 2. The van der Waals surface area contributed by atoms with Gasteiger partial charge in [0, 0.05) is 12.5 Å². The van der Waals surface area contributed by atoms with Crippen LogP contribution in [0.3, 0.4) is 0 Å². The summed E-state index contributed by atoms with van der Waals surface area (Å²) in [6.45, 7) is 8.16. The first-order valence-electron chi connectivity index (χ1n) is 7.20. The number of Topliss-reactive ketones (excluding diaryl/α,β-unsaturated/α-hetero) is 1. The van der Waals surface area contributed by atoms with Gasteiger partial charge in [0.15, 0.2) is 5.78 Å². The molecule has 0 radical (unpaired) electrons. The predicted octanol–water partition coefficient (Wildman–Crippen LogP) is 2.94. The van der Waals surface area contributed by atoms with Crippen LogP contribution in [0.5, 0.6) is 0 Å². The van der Waals surface area contributed by atoms with Gasteiger partial charge in [0.1, 0.15) is 5.60 Å². The molecular formula is C16H26O4. The second-order valence-corrected chi connectivity index (χ2v) is 7.10. The molecule has 4 nitrogen and oxygen atoms in total. The lowest BCUT2D eigenvalue weighted by molar-refractivity contribution is -0.141. The topological polar surface area (TPSA) is 74.6 Å². The van der Waals surface area contributed by atoms with E-state index in [1.54, 1.807) is 6.92 Å². The largest absolute Gasteiger partial charge is 0.478 e. The van der Waals surface area contributed by atoms with E-state index in [0.29, 0.717) is 24.3 Å². The average molecular weight is 282 g/mol. The molecule has 1 aliphatic carbocycles. The van der Waals surface area contributed by atoms with Gasteiger partial charge in [-0.2, -0.15) is 0 Å². The van der Waals surface area contributed by atoms with Crippen molar-refractivity contribution in [3.8, 4) is 0 Å². The highest BCUT2D eigenvalue weighted by Crippen LogP contribution is 2.42. The molecule has 0 heterocycles. The molecule has 0 aromatic rings. The molecule has 0 atom stereocenters. The Bertz CT molecular complexity index is 407. The molecule has 20 heavy (non-hydrogen) atoms. The zero-order valence-electron chi connectivity index (χ0n) is 12.9. The van der Waals surface area contributed by atoms with Gasteiger partial charge in [0.25, 0.3) is 0 Å². The zero-order valence-corrected chi connectivity index (χ0v) is 12.9. The molecular weight excluding hydrogens is 256 g/mol. The van der Waals surface area contributed by atoms with E-state index in [1.165, 1.54) is 0 Å². The summed E-state index contributed by atoms with van der Waals surface area (Å²) in [7, 11) is 0. The summed E-state index contributed by atoms with van der Waals surface area (Å²) >= 11 is 0. The van der Waals surface area contributed by atoms with Gasteiger partial charge in [0.2, 0.25) is 0 Å². The fourth-order valence-electron chi connectivity index (χ4n) is 2.92. The number of carbonyl (C=O) groups is 2. The van der Waals surface area contributed by atoms with Gasteiger partial charge in [-0.3, -0.25) is 4.79 Å². The number of hydrogen-bond acceptors (Lipinski definition) is 3. The first-order chi connectivity index (χ1) is 9.04. The van der Waals surface area contributed by atoms with E-state index in [-0.39, 0.29) is 17.6 Å². The Morgan fingerprint density at radius 3 is 2.15 bits per heavy atom. The van der Waals surface area contributed by atoms with E-state index in [2.05, 4.69) is 20.8 Å². The molecule has 1 saturated carbocycles. The molecule has 0 unspecified atom stereocenters. The molecule has 4 heteroatoms. The average Bonchev–Trinajstić information content (AvgIpc) is 2.26. The summed E-state index contributed by atoms with van der Waals surface area (Å²) in [5, 5.41) is 19.1. The Balaban J connectivity index is 2.64. The number of carboxylic acids is 1. The lowest BCUT2D eigenvalue weighted by Gasteiger charge is -2.40. The molecule has 114 valence electrons.